The van der Waals surface area contributed by atoms with E-state index in [0.29, 0.717) is 11.5 Å². The van der Waals surface area contributed by atoms with Crippen molar-refractivity contribution in [1.82, 2.24) is 4.98 Å². The molecule has 0 saturated carbocycles. The Kier molecular flexibility index (Phi) is 1.74. The molecular weight excluding hydrogens is 258 g/mol. The van der Waals surface area contributed by atoms with Crippen molar-refractivity contribution in [2.45, 2.75) is 0 Å². The van der Waals surface area contributed by atoms with Crippen molar-refractivity contribution in [1.29, 1.82) is 0 Å². The van der Waals surface area contributed by atoms with Gasteiger partial charge in [0.05, 0.1) is 5.69 Å². The van der Waals surface area contributed by atoms with Crippen LogP contribution in [0.2, 0.25) is 0 Å². The third-order valence-electron chi connectivity index (χ3n) is 1.73. The van der Waals surface area contributed by atoms with Gasteiger partial charge in [0.1, 0.15) is 0 Å². The fourth-order valence-corrected chi connectivity index (χ4v) is 2.35. The first-order chi connectivity index (χ1) is 6.00. The van der Waals surface area contributed by atoms with Crippen molar-refractivity contribution < 1.29 is 8.42 Å². The molecular formula is C6H6BrN3O2S. The lowest BCUT2D eigenvalue weighted by molar-refractivity contribution is 0.601. The largest absolute Gasteiger partial charge is 0.325 e. The van der Waals surface area contributed by atoms with Crippen LogP contribution in [0.5, 0.6) is 0 Å². The number of anilines is 2. The number of hydrogen-bond acceptors (Lipinski definition) is 3. The van der Waals surface area contributed by atoms with Crippen LogP contribution in [-0.4, -0.2) is 20.4 Å². The van der Waals surface area contributed by atoms with Crippen LogP contribution in [0, 0.1) is 0 Å². The molecule has 2 heterocycles. The van der Waals surface area contributed by atoms with Crippen LogP contribution in [0.15, 0.2) is 16.7 Å². The lowest BCUT2D eigenvalue weighted by Gasteiger charge is -2.06. The average Bonchev–Trinajstić information content (AvgIpc) is 2.22. The minimum atomic E-state index is -3.40. The van der Waals surface area contributed by atoms with E-state index in [4.69, 9.17) is 0 Å². The highest BCUT2D eigenvalue weighted by Gasteiger charge is 2.30. The second kappa shape index (κ2) is 2.58. The molecule has 2 rings (SSSR count). The van der Waals surface area contributed by atoms with Crippen LogP contribution >= 0.6 is 15.9 Å². The molecule has 0 spiro atoms. The Balaban J connectivity index is 2.63. The fourth-order valence-electron chi connectivity index (χ4n) is 1.08. The van der Waals surface area contributed by atoms with Gasteiger partial charge in [0.25, 0.3) is 0 Å². The zero-order chi connectivity index (χ0) is 9.64. The first kappa shape index (κ1) is 8.76. The molecule has 1 aromatic rings. The SMILES string of the molecule is CN1c2ncc(Br)cc2NS1(=O)=O. The molecule has 1 N–H and O–H groups in total. The first-order valence-corrected chi connectivity index (χ1v) is 5.66. The van der Waals surface area contributed by atoms with Crippen LogP contribution in [0.25, 0.3) is 0 Å². The van der Waals surface area contributed by atoms with E-state index in [1.807, 2.05) is 0 Å². The lowest BCUT2D eigenvalue weighted by Crippen LogP contribution is -2.25. The predicted molar refractivity (Wildman–Crippen MR) is 52.9 cm³/mol. The van der Waals surface area contributed by atoms with Gasteiger partial charge in [-0.1, -0.05) is 0 Å². The van der Waals surface area contributed by atoms with Gasteiger partial charge in [-0.25, -0.2) is 9.29 Å². The number of nitrogens with zero attached hydrogens (tertiary/aromatic N) is 2. The molecule has 0 fully saturated rings. The van der Waals surface area contributed by atoms with Gasteiger partial charge in [-0.2, -0.15) is 8.42 Å². The molecule has 0 amide bonds. The van der Waals surface area contributed by atoms with Crippen molar-refractivity contribution >= 4 is 37.6 Å². The monoisotopic (exact) mass is 263 g/mol. The number of rotatable bonds is 0. The molecule has 5 nitrogen and oxygen atoms in total. The van der Waals surface area contributed by atoms with Crippen LogP contribution in [-0.2, 0) is 10.2 Å². The van der Waals surface area contributed by atoms with Gasteiger partial charge in [0, 0.05) is 17.7 Å². The summed E-state index contributed by atoms with van der Waals surface area (Å²) in [4.78, 5) is 3.97. The smallest absolute Gasteiger partial charge is 0.263 e. The Morgan fingerprint density at radius 2 is 2.31 bits per heavy atom. The summed E-state index contributed by atoms with van der Waals surface area (Å²) in [7, 11) is -1.95. The third-order valence-corrected chi connectivity index (χ3v) is 3.54. The molecule has 1 aliphatic heterocycles. The van der Waals surface area contributed by atoms with E-state index < -0.39 is 10.2 Å². The maximum absolute atomic E-state index is 11.3. The van der Waals surface area contributed by atoms with Gasteiger partial charge in [-0.15, -0.1) is 0 Å². The van der Waals surface area contributed by atoms with Crippen LogP contribution in [0.4, 0.5) is 11.5 Å². The molecule has 0 atom stereocenters. The summed E-state index contributed by atoms with van der Waals surface area (Å²) in [5.41, 5.74) is 0.497. The highest BCUT2D eigenvalue weighted by molar-refractivity contribution is 9.10. The summed E-state index contributed by atoms with van der Waals surface area (Å²) in [5.74, 6) is 0.420. The lowest BCUT2D eigenvalue weighted by atomic mass is 10.4. The summed E-state index contributed by atoms with van der Waals surface area (Å²) >= 11 is 3.21. The van der Waals surface area contributed by atoms with Gasteiger partial charge >= 0.3 is 10.2 Å². The number of pyridine rings is 1. The van der Waals surface area contributed by atoms with Crippen molar-refractivity contribution in [3.8, 4) is 0 Å². The Bertz CT molecular complexity index is 459. The van der Waals surface area contributed by atoms with E-state index in [1.54, 1.807) is 12.3 Å². The maximum Gasteiger partial charge on any atom is 0.325 e. The van der Waals surface area contributed by atoms with E-state index in [2.05, 4.69) is 25.6 Å². The van der Waals surface area contributed by atoms with Gasteiger partial charge in [-0.3, -0.25) is 4.72 Å². The van der Waals surface area contributed by atoms with Crippen molar-refractivity contribution in [2.75, 3.05) is 16.1 Å². The molecule has 1 aliphatic rings. The summed E-state index contributed by atoms with van der Waals surface area (Å²) in [6.45, 7) is 0. The normalized spacial score (nSPS) is 18.2. The predicted octanol–water partition coefficient (Wildman–Crippen LogP) is 0.951. The summed E-state index contributed by atoms with van der Waals surface area (Å²) in [6, 6.07) is 1.67. The molecule has 1 aromatic heterocycles. The van der Waals surface area contributed by atoms with Gasteiger partial charge in [0.2, 0.25) is 0 Å². The molecule has 70 valence electrons. The maximum atomic E-state index is 11.3. The minimum Gasteiger partial charge on any atom is -0.263 e. The summed E-state index contributed by atoms with van der Waals surface area (Å²) < 4.78 is 26.8. The number of hydrogen-bond donors (Lipinski definition) is 1. The average molecular weight is 264 g/mol. The molecule has 0 bridgehead atoms. The Morgan fingerprint density at radius 3 is 3.00 bits per heavy atom. The second-order valence-electron chi connectivity index (χ2n) is 2.60. The van der Waals surface area contributed by atoms with Gasteiger partial charge in [-0.05, 0) is 22.0 Å². The van der Waals surface area contributed by atoms with Crippen molar-refractivity contribution in [2.24, 2.45) is 0 Å². The summed E-state index contributed by atoms with van der Waals surface area (Å²) in [5, 5.41) is 0. The standard InChI is InChI=1S/C6H6BrN3O2S/c1-10-6-5(9-13(10,11)12)2-4(7)3-8-6/h2-3,9H,1H3. The highest BCUT2D eigenvalue weighted by Crippen LogP contribution is 2.33. The van der Waals surface area contributed by atoms with E-state index >= 15 is 0 Å². The molecule has 0 unspecified atom stereocenters. The van der Waals surface area contributed by atoms with Gasteiger partial charge < -0.3 is 0 Å². The van der Waals surface area contributed by atoms with E-state index in [1.165, 1.54) is 7.05 Å². The fraction of sp³-hybridized carbons (Fsp3) is 0.167. The van der Waals surface area contributed by atoms with Crippen LogP contribution in [0.3, 0.4) is 0 Å². The Hall–Kier alpha value is -0.820. The van der Waals surface area contributed by atoms with E-state index in [-0.39, 0.29) is 0 Å². The molecule has 7 heteroatoms. The minimum absolute atomic E-state index is 0.420. The molecule has 0 aromatic carbocycles. The van der Waals surface area contributed by atoms with Crippen LogP contribution < -0.4 is 9.03 Å². The molecule has 0 saturated heterocycles. The number of nitrogens with one attached hydrogen (secondary N) is 1. The van der Waals surface area contributed by atoms with E-state index in [0.717, 1.165) is 8.78 Å². The topological polar surface area (TPSA) is 62.3 Å². The number of aromatic nitrogens is 1. The Morgan fingerprint density at radius 1 is 1.62 bits per heavy atom. The number of fused-ring (bicyclic) bond motifs is 1. The molecule has 0 radical (unpaired) electrons. The quantitative estimate of drug-likeness (QED) is 0.758. The Labute approximate surface area is 84.1 Å². The second-order valence-corrected chi connectivity index (χ2v) is 5.22. The first-order valence-electron chi connectivity index (χ1n) is 3.43. The van der Waals surface area contributed by atoms with Crippen molar-refractivity contribution in [3.63, 3.8) is 0 Å². The third kappa shape index (κ3) is 1.28. The molecule has 13 heavy (non-hydrogen) atoms. The summed E-state index contributed by atoms with van der Waals surface area (Å²) in [6.07, 6.45) is 1.55. The van der Waals surface area contributed by atoms with Gasteiger partial charge in [0.15, 0.2) is 5.82 Å². The highest BCUT2D eigenvalue weighted by atomic mass is 79.9. The van der Waals surface area contributed by atoms with E-state index in [9.17, 15) is 8.42 Å². The zero-order valence-corrected chi connectivity index (χ0v) is 9.05. The van der Waals surface area contributed by atoms with Crippen molar-refractivity contribution in [3.05, 3.63) is 16.7 Å². The van der Waals surface area contributed by atoms with Crippen LogP contribution in [0.1, 0.15) is 0 Å². The number of halogens is 1. The zero-order valence-electron chi connectivity index (χ0n) is 6.65. The molecule has 0 aliphatic carbocycles.